The predicted molar refractivity (Wildman–Crippen MR) is 113 cm³/mol. The summed E-state index contributed by atoms with van der Waals surface area (Å²) in [6.07, 6.45) is 1.41. The molecule has 0 atom stereocenters. The summed E-state index contributed by atoms with van der Waals surface area (Å²) in [6.45, 7) is 2.17. The molecule has 138 valence electrons. The molecule has 3 aromatic rings. The summed E-state index contributed by atoms with van der Waals surface area (Å²) in [5, 5.41) is 18.8. The number of benzene rings is 1. The van der Waals surface area contributed by atoms with Crippen molar-refractivity contribution in [3.05, 3.63) is 74.0 Å². The first-order valence-corrected chi connectivity index (χ1v) is 9.71. The molecule has 3 N–H and O–H groups in total. The minimum atomic E-state index is -0.401. The van der Waals surface area contributed by atoms with Crippen LogP contribution in [0.2, 0.25) is 10.0 Å². The smallest absolute Gasteiger partial charge is 0.258 e. The van der Waals surface area contributed by atoms with Crippen molar-refractivity contribution >= 4 is 57.7 Å². The molecule has 5 nitrogen and oxygen atoms in total. The van der Waals surface area contributed by atoms with Crippen LogP contribution in [0.1, 0.15) is 28.4 Å². The second kappa shape index (κ2) is 8.52. The van der Waals surface area contributed by atoms with Crippen molar-refractivity contribution in [3.63, 3.8) is 0 Å². The fourth-order valence-corrected chi connectivity index (χ4v) is 3.59. The van der Waals surface area contributed by atoms with E-state index < -0.39 is 5.91 Å². The number of carbonyl (C=O) groups excluding carboxylic acids is 1. The first-order chi connectivity index (χ1) is 13.0. The molecular formula is C19H16Cl2N4OS. The predicted octanol–water partition coefficient (Wildman–Crippen LogP) is 5.70. The Morgan fingerprint density at radius 2 is 1.96 bits per heavy atom. The van der Waals surface area contributed by atoms with Crippen LogP contribution in [0.3, 0.4) is 0 Å². The summed E-state index contributed by atoms with van der Waals surface area (Å²) in [6, 6.07) is 8.76. The van der Waals surface area contributed by atoms with Crippen LogP contribution in [0.5, 0.6) is 0 Å². The molecule has 0 saturated carbocycles. The van der Waals surface area contributed by atoms with Crippen molar-refractivity contribution in [3.8, 4) is 0 Å². The Morgan fingerprint density at radius 3 is 2.59 bits per heavy atom. The maximum atomic E-state index is 12.6. The van der Waals surface area contributed by atoms with E-state index in [0.29, 0.717) is 28.6 Å². The van der Waals surface area contributed by atoms with E-state index in [4.69, 9.17) is 28.6 Å². The second-order valence-corrected chi connectivity index (χ2v) is 7.38. The first-order valence-electron chi connectivity index (χ1n) is 8.01. The number of carbonyl (C=O) groups is 1. The average Bonchev–Trinajstić information content (AvgIpc) is 3.15. The molecule has 0 bridgehead atoms. The zero-order valence-corrected chi connectivity index (χ0v) is 16.7. The summed E-state index contributed by atoms with van der Waals surface area (Å²) < 4.78 is 0. The molecule has 0 fully saturated rings. The summed E-state index contributed by atoms with van der Waals surface area (Å²) in [5.41, 5.74) is 2.54. The van der Waals surface area contributed by atoms with Crippen LogP contribution in [0.15, 0.2) is 47.3 Å². The Bertz CT molecular complexity index is 972. The zero-order valence-electron chi connectivity index (χ0n) is 14.3. The van der Waals surface area contributed by atoms with E-state index >= 15 is 0 Å². The van der Waals surface area contributed by atoms with E-state index in [1.54, 1.807) is 42.5 Å². The third-order valence-electron chi connectivity index (χ3n) is 3.78. The number of halogens is 2. The molecule has 8 heteroatoms. The Hall–Kier alpha value is -2.41. The number of aromatic nitrogens is 1. The molecule has 0 spiro atoms. The summed E-state index contributed by atoms with van der Waals surface area (Å²) in [5.74, 6) is 0.0726. The lowest BCUT2D eigenvalue weighted by atomic mass is 10.1. The second-order valence-electron chi connectivity index (χ2n) is 5.78. The Labute approximate surface area is 170 Å². The molecule has 1 amide bonds. The highest BCUT2D eigenvalue weighted by Gasteiger charge is 2.19. The molecule has 1 aromatic carbocycles. The van der Waals surface area contributed by atoms with Crippen molar-refractivity contribution < 1.29 is 4.79 Å². The van der Waals surface area contributed by atoms with Crippen LogP contribution >= 0.6 is 34.5 Å². The maximum Gasteiger partial charge on any atom is 0.258 e. The number of nitrogens with zero attached hydrogens (tertiary/aromatic N) is 1. The number of hydrogen-bond acceptors (Lipinski definition) is 5. The highest BCUT2D eigenvalue weighted by Crippen LogP contribution is 2.28. The van der Waals surface area contributed by atoms with Gasteiger partial charge in [-0.15, -0.1) is 0 Å². The van der Waals surface area contributed by atoms with Crippen LogP contribution in [0.25, 0.3) is 0 Å². The lowest BCUT2D eigenvalue weighted by molar-refractivity contribution is 0.102. The maximum absolute atomic E-state index is 12.6. The Kier molecular flexibility index (Phi) is 6.11. The third kappa shape index (κ3) is 4.66. The van der Waals surface area contributed by atoms with Crippen molar-refractivity contribution in [1.82, 2.24) is 4.98 Å². The first kappa shape index (κ1) is 19.4. The largest absolute Gasteiger partial charge is 0.365 e. The number of hydrogen-bond donors (Lipinski definition) is 3. The van der Waals surface area contributed by atoms with E-state index in [9.17, 15) is 4.79 Å². The molecule has 0 radical (unpaired) electrons. The number of anilines is 2. The van der Waals surface area contributed by atoms with Gasteiger partial charge in [-0.25, -0.2) is 4.98 Å². The van der Waals surface area contributed by atoms with Gasteiger partial charge in [0, 0.05) is 29.2 Å². The van der Waals surface area contributed by atoms with Crippen molar-refractivity contribution in [1.29, 1.82) is 5.41 Å². The molecule has 0 unspecified atom stereocenters. The van der Waals surface area contributed by atoms with E-state index in [1.807, 2.05) is 16.8 Å². The van der Waals surface area contributed by atoms with Gasteiger partial charge in [-0.05, 0) is 53.6 Å². The van der Waals surface area contributed by atoms with E-state index in [-0.39, 0.29) is 16.3 Å². The van der Waals surface area contributed by atoms with Gasteiger partial charge >= 0.3 is 0 Å². The van der Waals surface area contributed by atoms with Gasteiger partial charge in [0.15, 0.2) is 0 Å². The van der Waals surface area contributed by atoms with Crippen molar-refractivity contribution in [2.45, 2.75) is 13.5 Å². The molecule has 27 heavy (non-hydrogen) atoms. The number of amides is 1. The number of pyridine rings is 1. The normalized spacial score (nSPS) is 10.5. The molecule has 2 heterocycles. The Morgan fingerprint density at radius 1 is 1.22 bits per heavy atom. The molecular weight excluding hydrogens is 403 g/mol. The van der Waals surface area contributed by atoms with Gasteiger partial charge in [-0.1, -0.05) is 23.2 Å². The molecule has 0 aliphatic carbocycles. The van der Waals surface area contributed by atoms with Gasteiger partial charge in [0.2, 0.25) is 0 Å². The Balaban J connectivity index is 1.85. The average molecular weight is 419 g/mol. The van der Waals surface area contributed by atoms with Crippen LogP contribution in [0.4, 0.5) is 11.5 Å². The van der Waals surface area contributed by atoms with Gasteiger partial charge in [0.1, 0.15) is 5.82 Å². The van der Waals surface area contributed by atoms with Gasteiger partial charge in [0.25, 0.3) is 5.91 Å². The van der Waals surface area contributed by atoms with E-state index in [0.717, 1.165) is 5.56 Å². The summed E-state index contributed by atoms with van der Waals surface area (Å²) >= 11 is 13.9. The summed E-state index contributed by atoms with van der Waals surface area (Å²) in [4.78, 5) is 16.9. The molecule has 0 aliphatic rings. The van der Waals surface area contributed by atoms with Crippen LogP contribution in [-0.4, -0.2) is 16.6 Å². The molecule has 3 rings (SSSR count). The van der Waals surface area contributed by atoms with Crippen molar-refractivity contribution in [2.24, 2.45) is 0 Å². The van der Waals surface area contributed by atoms with Crippen LogP contribution < -0.4 is 10.6 Å². The SMILES string of the molecule is CC(=N)c1c(NCc2ccsc2)ncc(C(=O)Nc2ccc(Cl)cc2)c1Cl. The summed E-state index contributed by atoms with van der Waals surface area (Å²) in [7, 11) is 0. The van der Waals surface area contributed by atoms with Gasteiger partial charge in [-0.2, -0.15) is 11.3 Å². The van der Waals surface area contributed by atoms with E-state index in [1.165, 1.54) is 6.20 Å². The number of rotatable bonds is 6. The van der Waals surface area contributed by atoms with Crippen LogP contribution in [0, 0.1) is 5.41 Å². The fourth-order valence-electron chi connectivity index (χ4n) is 2.43. The lowest BCUT2D eigenvalue weighted by Gasteiger charge is -2.14. The van der Waals surface area contributed by atoms with Gasteiger partial charge in [0.05, 0.1) is 16.1 Å². The van der Waals surface area contributed by atoms with Gasteiger partial charge in [-0.3, -0.25) is 4.79 Å². The monoisotopic (exact) mass is 418 g/mol. The zero-order chi connectivity index (χ0) is 19.4. The number of thiophene rings is 1. The number of nitrogens with one attached hydrogen (secondary N) is 3. The van der Waals surface area contributed by atoms with Crippen molar-refractivity contribution in [2.75, 3.05) is 10.6 Å². The third-order valence-corrected chi connectivity index (χ3v) is 5.15. The topological polar surface area (TPSA) is 77.9 Å². The molecule has 0 aliphatic heterocycles. The highest BCUT2D eigenvalue weighted by molar-refractivity contribution is 7.07. The minimum absolute atomic E-state index is 0.191. The molecule has 2 aromatic heterocycles. The van der Waals surface area contributed by atoms with E-state index in [2.05, 4.69) is 15.6 Å². The fraction of sp³-hybridized carbons (Fsp3) is 0.105. The standard InChI is InChI=1S/C19H16Cl2N4OS/c1-11(22)16-17(21)15(19(26)25-14-4-2-13(20)3-5-14)9-24-18(16)23-8-12-6-7-27-10-12/h2-7,9-10,22H,8H2,1H3,(H,23,24)(H,25,26). The molecule has 0 saturated heterocycles. The lowest BCUT2D eigenvalue weighted by Crippen LogP contribution is -2.16. The minimum Gasteiger partial charge on any atom is -0.365 e. The quantitative estimate of drug-likeness (QED) is 0.449. The van der Waals surface area contributed by atoms with Gasteiger partial charge < -0.3 is 16.0 Å². The van der Waals surface area contributed by atoms with Crippen LogP contribution in [-0.2, 0) is 6.54 Å². The highest BCUT2D eigenvalue weighted by atomic mass is 35.5.